The Hall–Kier alpha value is -0.860. The summed E-state index contributed by atoms with van der Waals surface area (Å²) in [4.78, 5) is 12.4. The minimum Gasteiger partial charge on any atom is -0.459 e. The fourth-order valence-corrected chi connectivity index (χ4v) is 3.53. The summed E-state index contributed by atoms with van der Waals surface area (Å²) in [5, 5.41) is 0. The first-order chi connectivity index (χ1) is 9.13. The Morgan fingerprint density at radius 1 is 1.20 bits per heavy atom. The van der Waals surface area contributed by atoms with Crippen LogP contribution in [0.3, 0.4) is 0 Å². The van der Waals surface area contributed by atoms with Crippen molar-refractivity contribution in [3.8, 4) is 0 Å². The fourth-order valence-electron chi connectivity index (χ4n) is 3.53. The third-order valence-electron chi connectivity index (χ3n) is 4.81. The highest BCUT2D eigenvalue weighted by molar-refractivity contribution is 5.83. The van der Waals surface area contributed by atoms with E-state index in [0.29, 0.717) is 11.8 Å². The van der Waals surface area contributed by atoms with E-state index in [1.807, 2.05) is 13.8 Å². The highest BCUT2D eigenvalue weighted by Gasteiger charge is 2.51. The van der Waals surface area contributed by atoms with Crippen molar-refractivity contribution >= 4 is 5.97 Å². The maximum Gasteiger partial charge on any atom is 0.348 e. The molecule has 2 fully saturated rings. The molecule has 2 aliphatic rings. The van der Waals surface area contributed by atoms with E-state index in [4.69, 9.17) is 4.74 Å². The van der Waals surface area contributed by atoms with Gasteiger partial charge in [0.15, 0.2) is 0 Å². The maximum atomic E-state index is 15.3. The van der Waals surface area contributed by atoms with Gasteiger partial charge in [-0.05, 0) is 57.4 Å². The van der Waals surface area contributed by atoms with E-state index in [1.54, 1.807) is 20.8 Å². The van der Waals surface area contributed by atoms with E-state index in [2.05, 4.69) is 0 Å². The number of ether oxygens (including phenoxy) is 1. The van der Waals surface area contributed by atoms with Crippen molar-refractivity contribution in [3.05, 3.63) is 11.6 Å². The molecule has 20 heavy (non-hydrogen) atoms. The van der Waals surface area contributed by atoms with Crippen molar-refractivity contribution in [1.29, 1.82) is 0 Å². The molecule has 0 aromatic rings. The number of alkyl halides is 1. The maximum absolute atomic E-state index is 15.3. The molecule has 0 N–H and O–H groups in total. The number of halogens is 1. The SMILES string of the molecule is CC(C)=CC(F)(C(=O)OC1CC2CCC1C2)C(C)(C)C. The van der Waals surface area contributed by atoms with Crippen LogP contribution in [-0.2, 0) is 9.53 Å². The van der Waals surface area contributed by atoms with Crippen LogP contribution >= 0.6 is 0 Å². The van der Waals surface area contributed by atoms with Crippen molar-refractivity contribution in [1.82, 2.24) is 0 Å². The van der Waals surface area contributed by atoms with E-state index >= 15 is 4.39 Å². The van der Waals surface area contributed by atoms with Gasteiger partial charge in [0.1, 0.15) is 6.10 Å². The first-order valence-electron chi connectivity index (χ1n) is 7.69. The van der Waals surface area contributed by atoms with Gasteiger partial charge in [-0.3, -0.25) is 0 Å². The number of hydrogen-bond acceptors (Lipinski definition) is 2. The highest BCUT2D eigenvalue weighted by atomic mass is 19.1. The number of hydrogen-bond donors (Lipinski definition) is 0. The summed E-state index contributed by atoms with van der Waals surface area (Å²) >= 11 is 0. The lowest BCUT2D eigenvalue weighted by molar-refractivity contribution is -0.169. The first kappa shape index (κ1) is 15.5. The van der Waals surface area contributed by atoms with Crippen LogP contribution in [0.5, 0.6) is 0 Å². The number of allylic oxidation sites excluding steroid dienone is 1. The summed E-state index contributed by atoms with van der Waals surface area (Å²) < 4.78 is 20.9. The topological polar surface area (TPSA) is 26.3 Å². The molecule has 0 aromatic carbocycles. The van der Waals surface area contributed by atoms with Crippen LogP contribution in [0, 0.1) is 17.3 Å². The predicted octanol–water partition coefficient (Wildman–Crippen LogP) is 4.44. The number of carbonyl (C=O) groups is 1. The Balaban J connectivity index is 2.14. The van der Waals surface area contributed by atoms with Gasteiger partial charge < -0.3 is 4.74 Å². The third kappa shape index (κ3) is 2.77. The summed E-state index contributed by atoms with van der Waals surface area (Å²) in [5.41, 5.74) is -2.06. The summed E-state index contributed by atoms with van der Waals surface area (Å²) in [6.45, 7) is 8.85. The summed E-state index contributed by atoms with van der Waals surface area (Å²) in [5.74, 6) is 0.438. The molecule has 0 radical (unpaired) electrons. The van der Waals surface area contributed by atoms with Gasteiger partial charge in [0.05, 0.1) is 0 Å². The molecule has 2 saturated carbocycles. The Morgan fingerprint density at radius 3 is 2.25 bits per heavy atom. The molecule has 0 heterocycles. The molecule has 0 amide bonds. The summed E-state index contributed by atoms with van der Waals surface area (Å²) in [6.07, 6.45) is 5.79. The van der Waals surface area contributed by atoms with Gasteiger partial charge >= 0.3 is 5.97 Å². The van der Waals surface area contributed by atoms with Crippen LogP contribution < -0.4 is 0 Å². The van der Waals surface area contributed by atoms with Gasteiger partial charge in [0.2, 0.25) is 5.67 Å². The molecule has 0 saturated heterocycles. The number of carbonyl (C=O) groups excluding carboxylic acids is 1. The number of fused-ring (bicyclic) bond motifs is 2. The van der Waals surface area contributed by atoms with Gasteiger partial charge in [0, 0.05) is 5.41 Å². The van der Waals surface area contributed by atoms with E-state index in [9.17, 15) is 4.79 Å². The van der Waals surface area contributed by atoms with Crippen molar-refractivity contribution < 1.29 is 13.9 Å². The highest BCUT2D eigenvalue weighted by Crippen LogP contribution is 2.47. The lowest BCUT2D eigenvalue weighted by Gasteiger charge is -2.35. The van der Waals surface area contributed by atoms with Crippen molar-refractivity contribution in [2.75, 3.05) is 0 Å². The molecule has 4 atom stereocenters. The van der Waals surface area contributed by atoms with Crippen LogP contribution in [-0.4, -0.2) is 17.7 Å². The molecule has 2 rings (SSSR count). The number of rotatable bonds is 3. The standard InChI is InChI=1S/C17H27FO2/c1-11(2)10-17(18,16(3,4)5)15(19)20-14-9-12-6-7-13(14)8-12/h10,12-14H,6-9H2,1-5H3. The molecule has 0 aromatic heterocycles. The third-order valence-corrected chi connectivity index (χ3v) is 4.81. The first-order valence-corrected chi connectivity index (χ1v) is 7.69. The summed E-state index contributed by atoms with van der Waals surface area (Å²) in [7, 11) is 0. The Morgan fingerprint density at radius 2 is 1.85 bits per heavy atom. The van der Waals surface area contributed by atoms with E-state index in [0.717, 1.165) is 24.8 Å². The van der Waals surface area contributed by atoms with Gasteiger partial charge in [-0.15, -0.1) is 0 Å². The largest absolute Gasteiger partial charge is 0.459 e. The molecule has 114 valence electrons. The second-order valence-electron chi connectivity index (χ2n) is 7.80. The second-order valence-corrected chi connectivity index (χ2v) is 7.80. The molecule has 3 heteroatoms. The van der Waals surface area contributed by atoms with Crippen molar-refractivity contribution in [3.63, 3.8) is 0 Å². The average Bonchev–Trinajstić information content (AvgIpc) is 2.88. The smallest absolute Gasteiger partial charge is 0.348 e. The molecule has 2 nitrogen and oxygen atoms in total. The molecule has 2 bridgehead atoms. The predicted molar refractivity (Wildman–Crippen MR) is 78.1 cm³/mol. The molecule has 2 aliphatic carbocycles. The molecule has 4 unspecified atom stereocenters. The van der Waals surface area contributed by atoms with E-state index in [1.165, 1.54) is 12.5 Å². The molecule has 0 aliphatic heterocycles. The molecular weight excluding hydrogens is 255 g/mol. The van der Waals surface area contributed by atoms with Crippen LogP contribution in [0.2, 0.25) is 0 Å². The quantitative estimate of drug-likeness (QED) is 0.565. The van der Waals surface area contributed by atoms with Gasteiger partial charge in [-0.2, -0.15) is 0 Å². The molecule has 0 spiro atoms. The lowest BCUT2D eigenvalue weighted by Crippen LogP contribution is -2.47. The fraction of sp³-hybridized carbons (Fsp3) is 0.824. The second kappa shape index (κ2) is 5.16. The van der Waals surface area contributed by atoms with Crippen LogP contribution in [0.1, 0.15) is 60.3 Å². The Bertz CT molecular complexity index is 417. The van der Waals surface area contributed by atoms with Gasteiger partial charge in [-0.1, -0.05) is 26.3 Å². The Labute approximate surface area is 121 Å². The van der Waals surface area contributed by atoms with Gasteiger partial charge in [0.25, 0.3) is 0 Å². The van der Waals surface area contributed by atoms with E-state index in [-0.39, 0.29) is 6.10 Å². The molecular formula is C17H27FO2. The van der Waals surface area contributed by atoms with E-state index < -0.39 is 17.1 Å². The average molecular weight is 282 g/mol. The van der Waals surface area contributed by atoms with Crippen molar-refractivity contribution in [2.24, 2.45) is 17.3 Å². The zero-order chi connectivity index (χ0) is 15.1. The lowest BCUT2D eigenvalue weighted by atomic mass is 9.77. The minimum absolute atomic E-state index is 0.0655. The normalized spacial score (nSPS) is 31.8. The van der Waals surface area contributed by atoms with Gasteiger partial charge in [-0.25, -0.2) is 9.18 Å². The Kier molecular flexibility index (Phi) is 4.01. The van der Waals surface area contributed by atoms with Crippen LogP contribution in [0.25, 0.3) is 0 Å². The summed E-state index contributed by atoms with van der Waals surface area (Å²) in [6, 6.07) is 0. The van der Waals surface area contributed by atoms with Crippen LogP contribution in [0.4, 0.5) is 4.39 Å². The van der Waals surface area contributed by atoms with Crippen LogP contribution in [0.15, 0.2) is 11.6 Å². The monoisotopic (exact) mass is 282 g/mol. The minimum atomic E-state index is -2.05. The van der Waals surface area contributed by atoms with Crippen molar-refractivity contribution in [2.45, 2.75) is 72.1 Å². The zero-order valence-corrected chi connectivity index (χ0v) is 13.3. The zero-order valence-electron chi connectivity index (χ0n) is 13.3. The number of esters is 1.